The lowest BCUT2D eigenvalue weighted by molar-refractivity contribution is 0.0984. The molecule has 1 fully saturated rings. The van der Waals surface area contributed by atoms with Crippen LogP contribution in [0.2, 0.25) is 0 Å². The van der Waals surface area contributed by atoms with Crippen LogP contribution in [0.1, 0.15) is 37.7 Å². The number of nitrogens with zero attached hydrogens (tertiary/aromatic N) is 1. The first-order valence-corrected chi connectivity index (χ1v) is 8.57. The van der Waals surface area contributed by atoms with Gasteiger partial charge in [-0.15, -0.1) is 0 Å². The van der Waals surface area contributed by atoms with Gasteiger partial charge in [-0.05, 0) is 60.6 Å². The number of methoxy groups -OCH3 is 1. The summed E-state index contributed by atoms with van der Waals surface area (Å²) in [6.07, 6.45) is 6.71. The zero-order valence-electron chi connectivity index (χ0n) is 13.4. The van der Waals surface area contributed by atoms with Gasteiger partial charge in [0.15, 0.2) is 0 Å². The van der Waals surface area contributed by atoms with Gasteiger partial charge in [0.2, 0.25) is 0 Å². The Bertz CT molecular complexity index is 456. The Balaban J connectivity index is 1.91. The second-order valence-corrected chi connectivity index (χ2v) is 7.11. The van der Waals surface area contributed by atoms with Crippen LogP contribution in [0.3, 0.4) is 0 Å². The molecule has 4 heteroatoms. The van der Waals surface area contributed by atoms with Crippen molar-refractivity contribution in [1.82, 2.24) is 10.2 Å². The van der Waals surface area contributed by atoms with Crippen LogP contribution >= 0.6 is 15.9 Å². The summed E-state index contributed by atoms with van der Waals surface area (Å²) in [5, 5.41) is 3.65. The summed E-state index contributed by atoms with van der Waals surface area (Å²) >= 11 is 3.55. The molecular formula is C17H27BrN2O. The third-order valence-corrected chi connectivity index (χ3v) is 5.35. The van der Waals surface area contributed by atoms with E-state index in [-0.39, 0.29) is 0 Å². The van der Waals surface area contributed by atoms with E-state index in [1.165, 1.54) is 37.7 Å². The van der Waals surface area contributed by atoms with Gasteiger partial charge in [0.05, 0.1) is 11.6 Å². The lowest BCUT2D eigenvalue weighted by atomic mass is 9.80. The molecule has 0 unspecified atom stereocenters. The molecule has 1 aromatic carbocycles. The summed E-state index contributed by atoms with van der Waals surface area (Å²) in [5.74, 6) is 0.885. The van der Waals surface area contributed by atoms with Crippen LogP contribution in [0.5, 0.6) is 5.75 Å². The van der Waals surface area contributed by atoms with Gasteiger partial charge in [0.25, 0.3) is 0 Å². The summed E-state index contributed by atoms with van der Waals surface area (Å²) in [7, 11) is 6.13. The summed E-state index contributed by atoms with van der Waals surface area (Å²) in [6.45, 7) is 1.96. The predicted octanol–water partition coefficient (Wildman–Crippen LogP) is 3.81. The number of ether oxygens (including phenoxy) is 1. The third-order valence-electron chi connectivity index (χ3n) is 4.73. The second kappa shape index (κ2) is 7.61. The molecule has 0 saturated heterocycles. The summed E-state index contributed by atoms with van der Waals surface area (Å²) in [6, 6.07) is 6.28. The van der Waals surface area contributed by atoms with Crippen LogP contribution in [0.15, 0.2) is 22.7 Å². The molecule has 0 amide bonds. The van der Waals surface area contributed by atoms with E-state index < -0.39 is 0 Å². The minimum absolute atomic E-state index is 0.335. The van der Waals surface area contributed by atoms with Crippen molar-refractivity contribution in [2.24, 2.45) is 0 Å². The van der Waals surface area contributed by atoms with E-state index in [0.717, 1.165) is 23.3 Å². The van der Waals surface area contributed by atoms with Crippen LogP contribution < -0.4 is 10.1 Å². The quantitative estimate of drug-likeness (QED) is 0.840. The Labute approximate surface area is 137 Å². The molecule has 0 heterocycles. The van der Waals surface area contributed by atoms with Crippen molar-refractivity contribution in [2.75, 3.05) is 27.7 Å². The van der Waals surface area contributed by atoms with Gasteiger partial charge in [-0.25, -0.2) is 0 Å². The molecule has 0 spiro atoms. The van der Waals surface area contributed by atoms with Gasteiger partial charge in [0, 0.05) is 18.6 Å². The molecule has 0 aromatic heterocycles. The van der Waals surface area contributed by atoms with E-state index >= 15 is 0 Å². The molecule has 1 saturated carbocycles. The Kier molecular flexibility index (Phi) is 6.08. The first kappa shape index (κ1) is 16.8. The van der Waals surface area contributed by atoms with Crippen LogP contribution in [0.4, 0.5) is 0 Å². The van der Waals surface area contributed by atoms with E-state index in [1.807, 2.05) is 6.07 Å². The average molecular weight is 355 g/mol. The SMILES string of the molecule is COc1ccc(CNCC2(N(C)C)CCCCC2)cc1Br. The number of hydrogen-bond acceptors (Lipinski definition) is 3. The molecule has 1 aliphatic rings. The van der Waals surface area contributed by atoms with E-state index in [2.05, 4.69) is 52.4 Å². The lowest BCUT2D eigenvalue weighted by Gasteiger charge is -2.43. The first-order valence-electron chi connectivity index (χ1n) is 7.78. The van der Waals surface area contributed by atoms with Crippen molar-refractivity contribution in [3.8, 4) is 5.75 Å². The number of halogens is 1. The van der Waals surface area contributed by atoms with Gasteiger partial charge >= 0.3 is 0 Å². The van der Waals surface area contributed by atoms with Crippen molar-refractivity contribution < 1.29 is 4.74 Å². The Hall–Kier alpha value is -0.580. The van der Waals surface area contributed by atoms with Crippen molar-refractivity contribution in [1.29, 1.82) is 0 Å². The standard InChI is InChI=1S/C17H27BrN2O/c1-20(2)17(9-5-4-6-10-17)13-19-12-14-7-8-16(21-3)15(18)11-14/h7-8,11,19H,4-6,9-10,12-13H2,1-3H3. The average Bonchev–Trinajstić information content (AvgIpc) is 2.48. The molecule has 1 N–H and O–H groups in total. The maximum Gasteiger partial charge on any atom is 0.133 e. The summed E-state index contributed by atoms with van der Waals surface area (Å²) in [5.41, 5.74) is 1.62. The fourth-order valence-corrected chi connectivity index (χ4v) is 3.84. The van der Waals surface area contributed by atoms with Gasteiger partial charge < -0.3 is 15.0 Å². The zero-order chi connectivity index (χ0) is 15.3. The molecular weight excluding hydrogens is 328 g/mol. The molecule has 0 bridgehead atoms. The molecule has 3 nitrogen and oxygen atoms in total. The zero-order valence-corrected chi connectivity index (χ0v) is 15.0. The maximum absolute atomic E-state index is 5.27. The van der Waals surface area contributed by atoms with Crippen molar-refractivity contribution >= 4 is 15.9 Å². The predicted molar refractivity (Wildman–Crippen MR) is 91.9 cm³/mol. The summed E-state index contributed by atoms with van der Waals surface area (Å²) in [4.78, 5) is 2.42. The number of likely N-dealkylation sites (N-methyl/N-ethyl adjacent to an activating group) is 1. The number of hydrogen-bond donors (Lipinski definition) is 1. The maximum atomic E-state index is 5.27. The molecule has 0 radical (unpaired) electrons. The smallest absolute Gasteiger partial charge is 0.133 e. The second-order valence-electron chi connectivity index (χ2n) is 6.25. The normalized spacial score (nSPS) is 18.0. The Morgan fingerprint density at radius 1 is 1.24 bits per heavy atom. The van der Waals surface area contributed by atoms with E-state index in [1.54, 1.807) is 7.11 Å². The van der Waals surface area contributed by atoms with Crippen LogP contribution in [-0.2, 0) is 6.54 Å². The van der Waals surface area contributed by atoms with E-state index in [4.69, 9.17) is 4.74 Å². The molecule has 0 atom stereocenters. The number of nitrogens with one attached hydrogen (secondary N) is 1. The highest BCUT2D eigenvalue weighted by atomic mass is 79.9. The van der Waals surface area contributed by atoms with E-state index in [0.29, 0.717) is 5.54 Å². The molecule has 118 valence electrons. The highest BCUT2D eigenvalue weighted by Gasteiger charge is 2.33. The highest BCUT2D eigenvalue weighted by Crippen LogP contribution is 2.31. The van der Waals surface area contributed by atoms with Crippen molar-refractivity contribution in [3.05, 3.63) is 28.2 Å². The first-order chi connectivity index (χ1) is 10.1. The number of rotatable bonds is 6. The van der Waals surface area contributed by atoms with Crippen LogP contribution in [-0.4, -0.2) is 38.2 Å². The summed E-state index contributed by atoms with van der Waals surface area (Å²) < 4.78 is 6.29. The van der Waals surface area contributed by atoms with Gasteiger partial charge in [-0.1, -0.05) is 25.3 Å². The fraction of sp³-hybridized carbons (Fsp3) is 0.647. The topological polar surface area (TPSA) is 24.5 Å². The van der Waals surface area contributed by atoms with Gasteiger partial charge in [-0.2, -0.15) is 0 Å². The lowest BCUT2D eigenvalue weighted by Crippen LogP contribution is -2.52. The largest absolute Gasteiger partial charge is 0.496 e. The fourth-order valence-electron chi connectivity index (χ4n) is 3.25. The van der Waals surface area contributed by atoms with Crippen LogP contribution in [0, 0.1) is 0 Å². The molecule has 1 aromatic rings. The molecule has 21 heavy (non-hydrogen) atoms. The van der Waals surface area contributed by atoms with Gasteiger partial charge in [-0.3, -0.25) is 0 Å². The van der Waals surface area contributed by atoms with E-state index in [9.17, 15) is 0 Å². The van der Waals surface area contributed by atoms with Crippen molar-refractivity contribution in [2.45, 2.75) is 44.2 Å². The number of benzene rings is 1. The highest BCUT2D eigenvalue weighted by molar-refractivity contribution is 9.10. The molecule has 2 rings (SSSR count). The molecule has 1 aliphatic carbocycles. The minimum atomic E-state index is 0.335. The Morgan fingerprint density at radius 3 is 2.52 bits per heavy atom. The minimum Gasteiger partial charge on any atom is -0.496 e. The van der Waals surface area contributed by atoms with Crippen molar-refractivity contribution in [3.63, 3.8) is 0 Å². The third kappa shape index (κ3) is 4.21. The molecule has 0 aliphatic heterocycles. The van der Waals surface area contributed by atoms with Crippen LogP contribution in [0.25, 0.3) is 0 Å². The Morgan fingerprint density at radius 2 is 1.95 bits per heavy atom. The van der Waals surface area contributed by atoms with Gasteiger partial charge in [0.1, 0.15) is 5.75 Å². The monoisotopic (exact) mass is 354 g/mol.